The van der Waals surface area contributed by atoms with Crippen molar-refractivity contribution < 1.29 is 14.6 Å². The number of hydrogen-bond donors (Lipinski definition) is 1. The molecule has 0 aliphatic carbocycles. The Morgan fingerprint density at radius 2 is 1.69 bits per heavy atom. The Balaban J connectivity index is 1.18. The van der Waals surface area contributed by atoms with Gasteiger partial charge in [0.05, 0.1) is 35.0 Å². The lowest BCUT2D eigenvalue weighted by molar-refractivity contribution is 0.0697. The molecular formula is C38H40N4O3. The van der Waals surface area contributed by atoms with Crippen molar-refractivity contribution in [1.82, 2.24) is 19.1 Å². The van der Waals surface area contributed by atoms with Gasteiger partial charge in [0.25, 0.3) is 0 Å². The number of unbranched alkanes of at least 4 members (excludes halogenated alkanes) is 3. The van der Waals surface area contributed by atoms with Crippen LogP contribution >= 0.6 is 0 Å². The maximum absolute atomic E-state index is 11.8. The van der Waals surface area contributed by atoms with Crippen LogP contribution in [0.5, 0.6) is 5.75 Å². The number of para-hydroxylation sites is 2. The molecule has 7 heteroatoms. The van der Waals surface area contributed by atoms with Crippen molar-refractivity contribution in [3.8, 4) is 16.9 Å². The molecule has 0 radical (unpaired) electrons. The average Bonchev–Trinajstić information content (AvgIpc) is 3.65. The van der Waals surface area contributed by atoms with Crippen LogP contribution in [0, 0.1) is 6.92 Å². The summed E-state index contributed by atoms with van der Waals surface area (Å²) in [4.78, 5) is 21.4. The predicted octanol–water partition coefficient (Wildman–Crippen LogP) is 8.70. The molecular weight excluding hydrogens is 560 g/mol. The van der Waals surface area contributed by atoms with E-state index >= 15 is 0 Å². The number of hydrogen-bond acceptors (Lipinski definition) is 4. The van der Waals surface area contributed by atoms with Crippen LogP contribution in [0.2, 0.25) is 0 Å². The largest absolute Gasteiger partial charge is 0.491 e. The van der Waals surface area contributed by atoms with Crippen molar-refractivity contribution >= 4 is 28.0 Å². The SMILES string of the molecule is CCCCc1nc2c(C)ccc(OCCCCCn3cnc4ccccc43)c2n1Cc1ccc(-c2ccccc2C(=O)O)cc1. The van der Waals surface area contributed by atoms with E-state index in [1.54, 1.807) is 12.1 Å². The van der Waals surface area contributed by atoms with E-state index in [0.717, 1.165) is 95.4 Å². The van der Waals surface area contributed by atoms with Crippen LogP contribution in [0.3, 0.4) is 0 Å². The van der Waals surface area contributed by atoms with Gasteiger partial charge in [0, 0.05) is 19.5 Å². The van der Waals surface area contributed by atoms with Gasteiger partial charge >= 0.3 is 5.97 Å². The van der Waals surface area contributed by atoms with Crippen molar-refractivity contribution in [2.24, 2.45) is 0 Å². The predicted molar refractivity (Wildman–Crippen MR) is 180 cm³/mol. The lowest BCUT2D eigenvalue weighted by atomic mass is 9.98. The van der Waals surface area contributed by atoms with Crippen LogP contribution in [0.1, 0.15) is 66.3 Å². The maximum Gasteiger partial charge on any atom is 0.336 e. The quantitative estimate of drug-likeness (QED) is 0.127. The molecule has 0 fully saturated rings. The van der Waals surface area contributed by atoms with Gasteiger partial charge in [-0.25, -0.2) is 14.8 Å². The third-order valence-corrected chi connectivity index (χ3v) is 8.48. The van der Waals surface area contributed by atoms with Crippen LogP contribution in [-0.2, 0) is 19.5 Å². The third-order valence-electron chi connectivity index (χ3n) is 8.48. The highest BCUT2D eigenvalue weighted by Gasteiger charge is 2.18. The van der Waals surface area contributed by atoms with Crippen LogP contribution < -0.4 is 4.74 Å². The molecule has 0 saturated carbocycles. The number of benzene rings is 4. The lowest BCUT2D eigenvalue weighted by Gasteiger charge is -2.14. The number of carboxylic acid groups (broad SMARTS) is 1. The van der Waals surface area contributed by atoms with E-state index in [9.17, 15) is 9.90 Å². The molecule has 0 spiro atoms. The Bertz CT molecular complexity index is 1920. The number of ether oxygens (including phenoxy) is 1. The van der Waals surface area contributed by atoms with Crippen LogP contribution in [0.25, 0.3) is 33.2 Å². The fourth-order valence-electron chi connectivity index (χ4n) is 6.02. The number of fused-ring (bicyclic) bond motifs is 2. The summed E-state index contributed by atoms with van der Waals surface area (Å²) in [5, 5.41) is 9.66. The Kier molecular flexibility index (Phi) is 9.24. The van der Waals surface area contributed by atoms with E-state index < -0.39 is 5.97 Å². The first-order valence-corrected chi connectivity index (χ1v) is 16.0. The Morgan fingerprint density at radius 1 is 0.889 bits per heavy atom. The Labute approximate surface area is 264 Å². The molecule has 45 heavy (non-hydrogen) atoms. The number of carboxylic acids is 1. The molecule has 4 aromatic carbocycles. The summed E-state index contributed by atoms with van der Waals surface area (Å²) in [7, 11) is 0. The number of nitrogens with zero attached hydrogens (tertiary/aromatic N) is 4. The van der Waals surface area contributed by atoms with Crippen LogP contribution in [0.15, 0.2) is 91.3 Å². The summed E-state index contributed by atoms with van der Waals surface area (Å²) < 4.78 is 11.0. The molecule has 6 aromatic rings. The second-order valence-electron chi connectivity index (χ2n) is 11.7. The van der Waals surface area contributed by atoms with Crippen LogP contribution in [0.4, 0.5) is 0 Å². The second kappa shape index (κ2) is 13.8. The lowest BCUT2D eigenvalue weighted by Crippen LogP contribution is -2.07. The van der Waals surface area contributed by atoms with Crippen molar-refractivity contribution in [1.29, 1.82) is 0 Å². The van der Waals surface area contributed by atoms with E-state index in [0.29, 0.717) is 18.7 Å². The highest BCUT2D eigenvalue weighted by molar-refractivity contribution is 5.96. The van der Waals surface area contributed by atoms with Gasteiger partial charge in [-0.15, -0.1) is 0 Å². The molecule has 6 rings (SSSR count). The summed E-state index contributed by atoms with van der Waals surface area (Å²) >= 11 is 0. The highest BCUT2D eigenvalue weighted by atomic mass is 16.5. The molecule has 0 unspecified atom stereocenters. The molecule has 230 valence electrons. The van der Waals surface area contributed by atoms with Gasteiger partial charge in [0.15, 0.2) is 0 Å². The smallest absolute Gasteiger partial charge is 0.336 e. The topological polar surface area (TPSA) is 82.2 Å². The van der Waals surface area contributed by atoms with E-state index in [1.165, 1.54) is 5.52 Å². The Hall–Kier alpha value is -4.91. The van der Waals surface area contributed by atoms with Crippen molar-refractivity contribution in [3.05, 3.63) is 114 Å². The zero-order chi connectivity index (χ0) is 31.2. The summed E-state index contributed by atoms with van der Waals surface area (Å²) in [5.41, 5.74) is 8.45. The van der Waals surface area contributed by atoms with Crippen molar-refractivity contribution in [2.75, 3.05) is 6.61 Å². The standard InChI is InChI=1S/C38H40N4O3/c1-3-4-16-35-40-36-27(2)17-22-34(45-24-11-5-10-23-41-26-39-32-14-8-9-15-33(32)41)37(36)42(35)25-28-18-20-29(21-19-28)30-12-6-7-13-31(30)38(43)44/h6-9,12-15,17-22,26H,3-5,10-11,16,23-25H2,1-2H3,(H,43,44). The highest BCUT2D eigenvalue weighted by Crippen LogP contribution is 2.32. The number of aromatic nitrogens is 4. The van der Waals surface area contributed by atoms with Gasteiger partial charge in [0.1, 0.15) is 17.1 Å². The second-order valence-corrected chi connectivity index (χ2v) is 11.7. The number of carbonyl (C=O) groups is 1. The summed E-state index contributed by atoms with van der Waals surface area (Å²) in [6, 6.07) is 27.8. The van der Waals surface area contributed by atoms with Crippen molar-refractivity contribution in [2.45, 2.75) is 65.5 Å². The minimum Gasteiger partial charge on any atom is -0.491 e. The fraction of sp³-hybridized carbons (Fsp3) is 0.289. The third kappa shape index (κ3) is 6.63. The van der Waals surface area contributed by atoms with Gasteiger partial charge in [-0.05, 0) is 79.1 Å². The first kappa shape index (κ1) is 30.1. The number of aryl methyl sites for hydroxylation is 3. The summed E-state index contributed by atoms with van der Waals surface area (Å²) in [6.07, 6.45) is 8.10. The van der Waals surface area contributed by atoms with E-state index in [-0.39, 0.29) is 0 Å². The van der Waals surface area contributed by atoms with E-state index in [1.807, 2.05) is 36.7 Å². The molecule has 2 aromatic heterocycles. The van der Waals surface area contributed by atoms with Gasteiger partial charge in [-0.1, -0.05) is 74.0 Å². The molecule has 2 heterocycles. The summed E-state index contributed by atoms with van der Waals surface area (Å²) in [6.45, 7) is 6.58. The molecule has 0 atom stereocenters. The Morgan fingerprint density at radius 3 is 2.51 bits per heavy atom. The zero-order valence-electron chi connectivity index (χ0n) is 26.1. The van der Waals surface area contributed by atoms with Gasteiger partial charge < -0.3 is 19.0 Å². The molecule has 0 aliphatic rings. The molecule has 0 aliphatic heterocycles. The van der Waals surface area contributed by atoms with Crippen LogP contribution in [-0.4, -0.2) is 36.8 Å². The van der Waals surface area contributed by atoms with E-state index in [4.69, 9.17) is 9.72 Å². The molecule has 7 nitrogen and oxygen atoms in total. The molecule has 1 N–H and O–H groups in total. The maximum atomic E-state index is 11.8. The number of imidazole rings is 2. The van der Waals surface area contributed by atoms with Gasteiger partial charge in [-0.3, -0.25) is 0 Å². The first-order chi connectivity index (χ1) is 22.0. The van der Waals surface area contributed by atoms with Gasteiger partial charge in [-0.2, -0.15) is 0 Å². The molecule has 0 bridgehead atoms. The average molecular weight is 601 g/mol. The summed E-state index contributed by atoms with van der Waals surface area (Å²) in [5.74, 6) is 1.02. The monoisotopic (exact) mass is 600 g/mol. The minimum absolute atomic E-state index is 0.306. The van der Waals surface area contributed by atoms with Gasteiger partial charge in [0.2, 0.25) is 0 Å². The first-order valence-electron chi connectivity index (χ1n) is 16.0. The van der Waals surface area contributed by atoms with E-state index in [2.05, 4.69) is 70.4 Å². The number of aromatic carboxylic acids is 1. The molecule has 0 amide bonds. The fourth-order valence-corrected chi connectivity index (χ4v) is 6.02. The van der Waals surface area contributed by atoms with Crippen molar-refractivity contribution in [3.63, 3.8) is 0 Å². The molecule has 0 saturated heterocycles. The zero-order valence-corrected chi connectivity index (χ0v) is 26.1. The minimum atomic E-state index is -0.921. The normalized spacial score (nSPS) is 11.4. The number of rotatable bonds is 14.